The van der Waals surface area contributed by atoms with E-state index >= 15 is 0 Å². The third kappa shape index (κ3) is 4.89. The van der Waals surface area contributed by atoms with Gasteiger partial charge in [0.25, 0.3) is 5.88 Å². The first-order valence-electron chi connectivity index (χ1n) is 8.82. The Morgan fingerprint density at radius 1 is 0.966 bits per heavy atom. The number of rotatable bonds is 5. The van der Waals surface area contributed by atoms with Gasteiger partial charge in [0.1, 0.15) is 0 Å². The minimum atomic E-state index is 0. The van der Waals surface area contributed by atoms with E-state index in [9.17, 15) is 0 Å². The number of ether oxygens (including phenoxy) is 2. The van der Waals surface area contributed by atoms with Crippen LogP contribution in [-0.2, 0) is 27.5 Å². The first kappa shape index (κ1) is 20.7. The van der Waals surface area contributed by atoms with Crippen molar-refractivity contribution in [1.29, 1.82) is 0 Å². The summed E-state index contributed by atoms with van der Waals surface area (Å²) in [5.41, 5.74) is 1.89. The summed E-state index contributed by atoms with van der Waals surface area (Å²) in [7, 11) is 1.91. The number of benzene rings is 1. The smallest absolute Gasteiger partial charge is 0.465 e. The fourth-order valence-electron chi connectivity index (χ4n) is 2.71. The summed E-state index contributed by atoms with van der Waals surface area (Å²) in [6.07, 6.45) is 8.58. The van der Waals surface area contributed by atoms with Crippen LogP contribution in [0.2, 0.25) is 0 Å². The van der Waals surface area contributed by atoms with Gasteiger partial charge in [-0.15, -0.1) is 16.1 Å². The Bertz CT molecular complexity index is 1110. The summed E-state index contributed by atoms with van der Waals surface area (Å²) >= 11 is 0. The second kappa shape index (κ2) is 8.99. The number of nitrogens with zero attached hydrogens (tertiary/aromatic N) is 4. The van der Waals surface area contributed by atoms with Gasteiger partial charge < -0.3 is 18.6 Å². The van der Waals surface area contributed by atoms with E-state index < -0.39 is 0 Å². The molecule has 0 spiro atoms. The molecular weight excluding hydrogens is 459 g/mol. The van der Waals surface area contributed by atoms with E-state index in [2.05, 4.69) is 22.4 Å². The average molecular weight is 478 g/mol. The molecule has 0 radical (unpaired) electrons. The molecule has 7 heteroatoms. The van der Waals surface area contributed by atoms with Gasteiger partial charge in [-0.3, -0.25) is 0 Å². The molecule has 0 atom stereocenters. The molecule has 4 aromatic rings. The van der Waals surface area contributed by atoms with Crippen molar-refractivity contribution in [2.75, 3.05) is 0 Å². The zero-order valence-electron chi connectivity index (χ0n) is 16.2. The van der Waals surface area contributed by atoms with E-state index in [1.807, 2.05) is 68.2 Å². The Labute approximate surface area is 183 Å². The number of aryl methyl sites for hydroxylation is 3. The molecule has 148 valence electrons. The molecule has 29 heavy (non-hydrogen) atoms. The van der Waals surface area contributed by atoms with Crippen molar-refractivity contribution < 1.29 is 34.5 Å². The summed E-state index contributed by atoms with van der Waals surface area (Å²) in [6, 6.07) is 16.3. The molecule has 0 amide bonds. The van der Waals surface area contributed by atoms with E-state index in [-0.39, 0.29) is 20.4 Å². The normalized spacial score (nSPS) is 10.3. The van der Waals surface area contributed by atoms with Gasteiger partial charge in [0, 0.05) is 36.9 Å². The molecule has 0 aliphatic heterocycles. The van der Waals surface area contributed by atoms with E-state index in [4.69, 9.17) is 9.47 Å². The second-order valence-electron chi connectivity index (χ2n) is 6.38. The van der Waals surface area contributed by atoms with Crippen molar-refractivity contribution in [3.63, 3.8) is 0 Å². The van der Waals surface area contributed by atoms with Gasteiger partial charge in [0.05, 0.1) is 0 Å². The van der Waals surface area contributed by atoms with Crippen molar-refractivity contribution >= 4 is 0 Å². The minimum absolute atomic E-state index is 0. The maximum atomic E-state index is 6.01. The van der Waals surface area contributed by atoms with Crippen LogP contribution in [0, 0.1) is 26.2 Å². The van der Waals surface area contributed by atoms with Crippen LogP contribution in [-0.4, -0.2) is 14.5 Å². The van der Waals surface area contributed by atoms with Crippen LogP contribution in [0.15, 0.2) is 61.1 Å². The summed E-state index contributed by atoms with van der Waals surface area (Å²) in [6.45, 7) is 3.93. The minimum Gasteiger partial charge on any atom is -0.465 e. The van der Waals surface area contributed by atoms with E-state index in [1.165, 1.54) is 0 Å². The molecule has 6 nitrogen and oxygen atoms in total. The molecule has 0 aliphatic carbocycles. The predicted octanol–water partition coefficient (Wildman–Crippen LogP) is 3.89. The Balaban J connectivity index is 0.00000240. The quantitative estimate of drug-likeness (QED) is 0.249. The molecule has 3 heterocycles. The zero-order valence-corrected chi connectivity index (χ0v) is 17.7. The van der Waals surface area contributed by atoms with Crippen LogP contribution in [0.5, 0.6) is 23.3 Å². The van der Waals surface area contributed by atoms with Gasteiger partial charge >= 0.3 is 20.4 Å². The molecule has 4 rings (SSSR count). The maximum Gasteiger partial charge on any atom is 2.00 e. The zero-order chi connectivity index (χ0) is 19.5. The molecule has 0 fully saturated rings. The maximum absolute atomic E-state index is 6.01. The van der Waals surface area contributed by atoms with Gasteiger partial charge in [-0.1, -0.05) is 32.0 Å². The summed E-state index contributed by atoms with van der Waals surface area (Å²) in [5, 5.41) is 0. The summed E-state index contributed by atoms with van der Waals surface area (Å²) < 4.78 is 15.5. The Hall–Kier alpha value is -3.01. The van der Waals surface area contributed by atoms with Crippen LogP contribution in [0.3, 0.4) is 0 Å². The van der Waals surface area contributed by atoms with Crippen molar-refractivity contribution in [2.45, 2.75) is 13.8 Å². The molecule has 0 saturated carbocycles. The fourth-order valence-corrected chi connectivity index (χ4v) is 2.71. The van der Waals surface area contributed by atoms with Crippen molar-refractivity contribution in [3.8, 4) is 29.1 Å². The van der Waals surface area contributed by atoms with Gasteiger partial charge in [0.15, 0.2) is 12.1 Å². The monoisotopic (exact) mass is 477 g/mol. The number of imidazole rings is 1. The van der Waals surface area contributed by atoms with Gasteiger partial charge in [-0.25, -0.2) is 4.98 Å². The van der Waals surface area contributed by atoms with Crippen molar-refractivity contribution in [2.24, 2.45) is 7.05 Å². The SMILES string of the molecule is Cc1cc(C)c(Oc2cccc(-[n+]3[c-]n(C)cc3)n2)[c-]c1Oc1ccccn1.[Pd+2]. The standard InChI is InChI=1S/C22H19N4O2.Pd/c1-16-13-17(2)19(14-18(16)27-21-8-4-5-10-23-21)28-22-9-6-7-20(24-22)26-12-11-25(3)15-26;/h4-13H,1-3H3;/q-1;+2. The molecule has 3 aromatic heterocycles. The third-order valence-corrected chi connectivity index (χ3v) is 4.09. The van der Waals surface area contributed by atoms with Crippen LogP contribution in [0.4, 0.5) is 0 Å². The van der Waals surface area contributed by atoms with Gasteiger partial charge in [-0.05, 0) is 24.5 Å². The van der Waals surface area contributed by atoms with Crippen LogP contribution in [0.1, 0.15) is 11.1 Å². The van der Waals surface area contributed by atoms with E-state index in [1.54, 1.807) is 22.9 Å². The summed E-state index contributed by atoms with van der Waals surface area (Å²) in [5.74, 6) is 2.82. The third-order valence-electron chi connectivity index (χ3n) is 4.09. The van der Waals surface area contributed by atoms with Crippen molar-refractivity contribution in [1.82, 2.24) is 14.5 Å². The van der Waals surface area contributed by atoms with Gasteiger partial charge in [0.2, 0.25) is 5.88 Å². The fraction of sp³-hybridized carbons (Fsp3) is 0.136. The Morgan fingerprint density at radius 2 is 1.69 bits per heavy atom. The molecule has 0 saturated heterocycles. The number of hydrogen-bond donors (Lipinski definition) is 0. The number of aromatic nitrogens is 4. The largest absolute Gasteiger partial charge is 2.00 e. The molecule has 0 aliphatic rings. The number of hydrogen-bond acceptors (Lipinski definition) is 4. The Kier molecular flexibility index (Phi) is 6.43. The summed E-state index contributed by atoms with van der Waals surface area (Å²) in [4.78, 5) is 8.75. The van der Waals surface area contributed by atoms with Crippen molar-refractivity contribution in [3.05, 3.63) is 84.6 Å². The van der Waals surface area contributed by atoms with Gasteiger partial charge in [-0.2, -0.15) is 6.07 Å². The van der Waals surface area contributed by atoms with E-state index in [0.29, 0.717) is 29.1 Å². The molecule has 0 N–H and O–H groups in total. The Morgan fingerprint density at radius 3 is 2.34 bits per heavy atom. The second-order valence-corrected chi connectivity index (χ2v) is 6.38. The molecule has 0 unspecified atom stereocenters. The van der Waals surface area contributed by atoms with Crippen LogP contribution < -0.4 is 14.0 Å². The topological polar surface area (TPSA) is 53.0 Å². The molecular formula is C22H19N4O2Pd+. The van der Waals surface area contributed by atoms with E-state index in [0.717, 1.165) is 11.1 Å². The van der Waals surface area contributed by atoms with Crippen LogP contribution >= 0.6 is 0 Å². The predicted molar refractivity (Wildman–Crippen MR) is 103 cm³/mol. The first-order valence-corrected chi connectivity index (χ1v) is 8.82. The average Bonchev–Trinajstić information content (AvgIpc) is 3.13. The molecule has 0 bridgehead atoms. The first-order chi connectivity index (χ1) is 13.6. The van der Waals surface area contributed by atoms with Crippen LogP contribution in [0.25, 0.3) is 5.82 Å². The molecule has 1 aromatic carbocycles. The number of pyridine rings is 2.